The van der Waals surface area contributed by atoms with Crippen molar-refractivity contribution in [3.05, 3.63) is 47.0 Å². The lowest BCUT2D eigenvalue weighted by molar-refractivity contribution is 0.332. The quantitative estimate of drug-likeness (QED) is 0.685. The summed E-state index contributed by atoms with van der Waals surface area (Å²) in [5.41, 5.74) is 2.55. The van der Waals surface area contributed by atoms with Crippen LogP contribution in [0.25, 0.3) is 0 Å². The van der Waals surface area contributed by atoms with Gasteiger partial charge in [0.05, 0.1) is 18.9 Å². The van der Waals surface area contributed by atoms with Crippen LogP contribution in [0.2, 0.25) is 5.02 Å². The molecule has 0 aliphatic rings. The first-order valence-corrected chi connectivity index (χ1v) is 8.56. The molecule has 2 N–H and O–H groups in total. The molecule has 0 aliphatic heterocycles. The van der Waals surface area contributed by atoms with E-state index >= 15 is 0 Å². The summed E-state index contributed by atoms with van der Waals surface area (Å²) in [4.78, 5) is 0. The zero-order valence-electron chi connectivity index (χ0n) is 14.0. The molecule has 0 fully saturated rings. The van der Waals surface area contributed by atoms with Gasteiger partial charge in [-0.3, -0.25) is 0 Å². The van der Waals surface area contributed by atoms with E-state index in [9.17, 15) is 0 Å². The van der Waals surface area contributed by atoms with E-state index in [2.05, 4.69) is 10.6 Å². The summed E-state index contributed by atoms with van der Waals surface area (Å²) in [6, 6.07) is 11.3. The van der Waals surface area contributed by atoms with Gasteiger partial charge in [0.1, 0.15) is 11.5 Å². The third-order valence-electron chi connectivity index (χ3n) is 3.33. The van der Waals surface area contributed by atoms with Gasteiger partial charge in [0, 0.05) is 16.8 Å². The number of benzene rings is 2. The second-order valence-electron chi connectivity index (χ2n) is 5.02. The Morgan fingerprint density at radius 1 is 1.04 bits per heavy atom. The number of halogens is 1. The fourth-order valence-corrected chi connectivity index (χ4v) is 2.56. The molecule has 0 atom stereocenters. The van der Waals surface area contributed by atoms with Gasteiger partial charge in [-0.15, -0.1) is 0 Å². The number of rotatable bonds is 6. The van der Waals surface area contributed by atoms with Crippen molar-refractivity contribution in [3.8, 4) is 11.5 Å². The highest BCUT2D eigenvalue weighted by Gasteiger charge is 2.09. The molecule has 24 heavy (non-hydrogen) atoms. The molecule has 6 heteroatoms. The Morgan fingerprint density at radius 2 is 1.75 bits per heavy atom. The van der Waals surface area contributed by atoms with Crippen molar-refractivity contribution in [3.63, 3.8) is 0 Å². The molecule has 0 aromatic heterocycles. The molecule has 2 rings (SSSR count). The monoisotopic (exact) mass is 364 g/mol. The van der Waals surface area contributed by atoms with E-state index < -0.39 is 0 Å². The smallest absolute Gasteiger partial charge is 0.175 e. The predicted octanol–water partition coefficient (Wildman–Crippen LogP) is 5.25. The van der Waals surface area contributed by atoms with Gasteiger partial charge in [0.2, 0.25) is 0 Å². The number of hydrogen-bond acceptors (Lipinski definition) is 3. The standard InChI is InChI=1S/C18H21ClN2O2S/c1-4-22-13-9-10-17(23-5-2)16(11-13)21-18(24)20-15-8-6-7-14(19)12(15)3/h6-11H,4-5H2,1-3H3,(H2,20,21,24). The second-order valence-corrected chi connectivity index (χ2v) is 5.83. The molecule has 0 aliphatic carbocycles. The molecule has 128 valence electrons. The number of thiocarbonyl (C=S) groups is 1. The van der Waals surface area contributed by atoms with Crippen LogP contribution in [-0.2, 0) is 0 Å². The van der Waals surface area contributed by atoms with Crippen LogP contribution in [-0.4, -0.2) is 18.3 Å². The Balaban J connectivity index is 2.17. The first-order chi connectivity index (χ1) is 11.5. The van der Waals surface area contributed by atoms with E-state index in [4.69, 9.17) is 33.3 Å². The minimum absolute atomic E-state index is 0.454. The van der Waals surface area contributed by atoms with E-state index in [0.29, 0.717) is 29.1 Å². The summed E-state index contributed by atoms with van der Waals surface area (Å²) in [5.74, 6) is 1.47. The fourth-order valence-electron chi connectivity index (χ4n) is 2.16. The van der Waals surface area contributed by atoms with Crippen molar-refractivity contribution in [1.29, 1.82) is 0 Å². The van der Waals surface area contributed by atoms with Crippen molar-refractivity contribution in [2.75, 3.05) is 23.8 Å². The summed E-state index contributed by atoms with van der Waals surface area (Å²) in [5, 5.41) is 7.47. The van der Waals surface area contributed by atoms with Crippen LogP contribution in [0.3, 0.4) is 0 Å². The van der Waals surface area contributed by atoms with Crippen molar-refractivity contribution in [2.45, 2.75) is 20.8 Å². The lowest BCUT2D eigenvalue weighted by Crippen LogP contribution is -2.20. The van der Waals surface area contributed by atoms with Gasteiger partial charge >= 0.3 is 0 Å². The first-order valence-electron chi connectivity index (χ1n) is 7.77. The molecule has 2 aromatic rings. The number of ether oxygens (including phenoxy) is 2. The average Bonchev–Trinajstić information content (AvgIpc) is 2.55. The Morgan fingerprint density at radius 3 is 2.46 bits per heavy atom. The van der Waals surface area contributed by atoms with Crippen LogP contribution < -0.4 is 20.1 Å². The normalized spacial score (nSPS) is 10.2. The Labute approximate surface area is 153 Å². The van der Waals surface area contributed by atoms with E-state index in [1.54, 1.807) is 0 Å². The molecule has 0 unspecified atom stereocenters. The van der Waals surface area contributed by atoms with Gasteiger partial charge in [-0.05, 0) is 62.8 Å². The highest BCUT2D eigenvalue weighted by atomic mass is 35.5. The molecule has 2 aromatic carbocycles. The summed E-state index contributed by atoms with van der Waals surface area (Å²) in [7, 11) is 0. The topological polar surface area (TPSA) is 42.5 Å². The first kappa shape index (κ1) is 18.4. The summed E-state index contributed by atoms with van der Waals surface area (Å²) >= 11 is 11.6. The molecule has 0 radical (unpaired) electrons. The fraction of sp³-hybridized carbons (Fsp3) is 0.278. The third kappa shape index (κ3) is 4.76. The van der Waals surface area contributed by atoms with Crippen LogP contribution >= 0.6 is 23.8 Å². The van der Waals surface area contributed by atoms with Crippen LogP contribution in [0, 0.1) is 6.92 Å². The molecule has 4 nitrogen and oxygen atoms in total. The lowest BCUT2D eigenvalue weighted by atomic mass is 10.2. The minimum atomic E-state index is 0.454. The summed E-state index contributed by atoms with van der Waals surface area (Å²) in [6.45, 7) is 6.98. The van der Waals surface area contributed by atoms with Gasteiger partial charge < -0.3 is 20.1 Å². The molecule has 0 saturated carbocycles. The van der Waals surface area contributed by atoms with Crippen LogP contribution in [0.4, 0.5) is 11.4 Å². The second kappa shape index (κ2) is 8.76. The van der Waals surface area contributed by atoms with Gasteiger partial charge in [-0.25, -0.2) is 0 Å². The third-order valence-corrected chi connectivity index (χ3v) is 3.94. The van der Waals surface area contributed by atoms with E-state index in [-0.39, 0.29) is 0 Å². The SMILES string of the molecule is CCOc1ccc(OCC)c(NC(=S)Nc2cccc(Cl)c2C)c1. The largest absolute Gasteiger partial charge is 0.494 e. The van der Waals surface area contributed by atoms with Crippen LogP contribution in [0.5, 0.6) is 11.5 Å². The maximum Gasteiger partial charge on any atom is 0.175 e. The minimum Gasteiger partial charge on any atom is -0.494 e. The highest BCUT2D eigenvalue weighted by molar-refractivity contribution is 7.80. The molecule has 0 heterocycles. The van der Waals surface area contributed by atoms with E-state index in [1.807, 2.05) is 57.2 Å². The molecule has 0 bridgehead atoms. The van der Waals surface area contributed by atoms with Gasteiger partial charge in [0.25, 0.3) is 0 Å². The Kier molecular flexibility index (Phi) is 6.70. The molecular formula is C18H21ClN2O2S. The Bertz CT molecular complexity index is 722. The van der Waals surface area contributed by atoms with Crippen molar-refractivity contribution >= 4 is 40.3 Å². The number of nitrogens with one attached hydrogen (secondary N) is 2. The van der Waals surface area contributed by atoms with Crippen molar-refractivity contribution < 1.29 is 9.47 Å². The van der Waals surface area contributed by atoms with Crippen molar-refractivity contribution in [2.24, 2.45) is 0 Å². The summed E-state index contributed by atoms with van der Waals surface area (Å²) < 4.78 is 11.2. The molecular weight excluding hydrogens is 344 g/mol. The maximum absolute atomic E-state index is 6.14. The van der Waals surface area contributed by atoms with Crippen LogP contribution in [0.15, 0.2) is 36.4 Å². The predicted molar refractivity (Wildman–Crippen MR) is 105 cm³/mol. The highest BCUT2D eigenvalue weighted by Crippen LogP contribution is 2.30. The zero-order chi connectivity index (χ0) is 17.5. The van der Waals surface area contributed by atoms with Gasteiger partial charge in [0.15, 0.2) is 5.11 Å². The Hall–Kier alpha value is -1.98. The summed E-state index contributed by atoms with van der Waals surface area (Å²) in [6.07, 6.45) is 0. The van der Waals surface area contributed by atoms with E-state index in [0.717, 1.165) is 22.7 Å². The van der Waals surface area contributed by atoms with Gasteiger partial charge in [-0.1, -0.05) is 17.7 Å². The number of anilines is 2. The number of hydrogen-bond donors (Lipinski definition) is 2. The average molecular weight is 365 g/mol. The zero-order valence-corrected chi connectivity index (χ0v) is 15.6. The maximum atomic E-state index is 6.14. The van der Waals surface area contributed by atoms with Gasteiger partial charge in [-0.2, -0.15) is 0 Å². The van der Waals surface area contributed by atoms with Crippen molar-refractivity contribution in [1.82, 2.24) is 0 Å². The van der Waals surface area contributed by atoms with E-state index in [1.165, 1.54) is 0 Å². The molecule has 0 spiro atoms. The lowest BCUT2D eigenvalue weighted by Gasteiger charge is -2.16. The molecule has 0 saturated heterocycles. The molecule has 0 amide bonds. The van der Waals surface area contributed by atoms with Crippen LogP contribution in [0.1, 0.15) is 19.4 Å².